The maximum Gasteiger partial charge on any atom is 0.317 e. The van der Waals surface area contributed by atoms with Crippen LogP contribution in [0.1, 0.15) is 20.3 Å². The van der Waals surface area contributed by atoms with Crippen molar-refractivity contribution >= 4 is 22.0 Å². The van der Waals surface area contributed by atoms with Crippen LogP contribution in [0.3, 0.4) is 0 Å². The Labute approximate surface area is 82.6 Å². The number of carbonyl (C=O) groups is 1. The Morgan fingerprint density at radius 1 is 1.58 bits per heavy atom. The Kier molecular flexibility index (Phi) is 6.16. The minimum Gasteiger partial charge on any atom is -0.336 e. The second-order valence-electron chi connectivity index (χ2n) is 3.07. The molecule has 2 amide bonds. The number of urea groups is 1. The monoisotopic (exact) mass is 236 g/mol. The highest BCUT2D eigenvalue weighted by molar-refractivity contribution is 9.09. The van der Waals surface area contributed by atoms with Crippen molar-refractivity contribution in [3.05, 3.63) is 0 Å². The van der Waals surface area contributed by atoms with E-state index in [4.69, 9.17) is 0 Å². The van der Waals surface area contributed by atoms with Gasteiger partial charge in [0.1, 0.15) is 0 Å². The third-order valence-corrected chi connectivity index (χ3v) is 1.95. The molecule has 0 aliphatic rings. The average molecular weight is 237 g/mol. The normalized spacial score (nSPS) is 10.1. The molecule has 12 heavy (non-hydrogen) atoms. The molecular formula is C8H17BrN2O. The molecule has 0 aromatic rings. The van der Waals surface area contributed by atoms with Crippen molar-refractivity contribution in [1.82, 2.24) is 10.2 Å². The van der Waals surface area contributed by atoms with Crippen molar-refractivity contribution in [2.45, 2.75) is 26.3 Å². The summed E-state index contributed by atoms with van der Waals surface area (Å²) >= 11 is 3.32. The second-order valence-corrected chi connectivity index (χ2v) is 3.86. The van der Waals surface area contributed by atoms with Gasteiger partial charge in [-0.05, 0) is 20.3 Å². The minimum absolute atomic E-state index is 0.00551. The van der Waals surface area contributed by atoms with Crippen LogP contribution in [0.5, 0.6) is 0 Å². The van der Waals surface area contributed by atoms with E-state index in [-0.39, 0.29) is 12.1 Å². The summed E-state index contributed by atoms with van der Waals surface area (Å²) in [6.45, 7) is 4.70. The van der Waals surface area contributed by atoms with E-state index >= 15 is 0 Å². The van der Waals surface area contributed by atoms with Gasteiger partial charge in [-0.3, -0.25) is 0 Å². The summed E-state index contributed by atoms with van der Waals surface area (Å²) in [5, 5.41) is 3.76. The fourth-order valence-electron chi connectivity index (χ4n) is 0.756. The maximum absolute atomic E-state index is 11.3. The Balaban J connectivity index is 3.61. The largest absolute Gasteiger partial charge is 0.336 e. The average Bonchev–Trinajstić information content (AvgIpc) is 1.98. The van der Waals surface area contributed by atoms with Crippen LogP contribution < -0.4 is 5.32 Å². The van der Waals surface area contributed by atoms with Crippen molar-refractivity contribution in [2.75, 3.05) is 18.9 Å². The molecule has 0 aliphatic heterocycles. The predicted octanol–water partition coefficient (Wildman–Crippen LogP) is 1.82. The van der Waals surface area contributed by atoms with E-state index < -0.39 is 0 Å². The topological polar surface area (TPSA) is 32.3 Å². The van der Waals surface area contributed by atoms with Crippen LogP contribution in [0.25, 0.3) is 0 Å². The Bertz CT molecular complexity index is 139. The van der Waals surface area contributed by atoms with Crippen LogP contribution in [-0.2, 0) is 0 Å². The first-order chi connectivity index (χ1) is 5.57. The van der Waals surface area contributed by atoms with Gasteiger partial charge in [-0.1, -0.05) is 15.9 Å². The highest BCUT2D eigenvalue weighted by atomic mass is 79.9. The first kappa shape index (κ1) is 11.8. The summed E-state index contributed by atoms with van der Waals surface area (Å²) < 4.78 is 0. The van der Waals surface area contributed by atoms with Crippen molar-refractivity contribution in [2.24, 2.45) is 0 Å². The standard InChI is InChI=1S/C8H17BrN2O/c1-7(2)10-8(12)11(3)6-4-5-9/h7H,4-6H2,1-3H3,(H,10,12). The lowest BCUT2D eigenvalue weighted by molar-refractivity contribution is 0.206. The van der Waals surface area contributed by atoms with Crippen LogP contribution in [0, 0.1) is 0 Å². The Morgan fingerprint density at radius 2 is 2.17 bits per heavy atom. The molecule has 0 unspecified atom stereocenters. The molecular weight excluding hydrogens is 220 g/mol. The smallest absolute Gasteiger partial charge is 0.317 e. The summed E-state index contributed by atoms with van der Waals surface area (Å²) in [6.07, 6.45) is 0.988. The molecule has 0 saturated carbocycles. The zero-order chi connectivity index (χ0) is 9.56. The van der Waals surface area contributed by atoms with Crippen molar-refractivity contribution in [1.29, 1.82) is 0 Å². The fourth-order valence-corrected chi connectivity index (χ4v) is 1.01. The molecule has 0 aromatic carbocycles. The molecule has 0 radical (unpaired) electrons. The Hall–Kier alpha value is -0.250. The summed E-state index contributed by atoms with van der Waals surface area (Å²) in [5.41, 5.74) is 0. The third-order valence-electron chi connectivity index (χ3n) is 1.39. The molecule has 0 saturated heterocycles. The van der Waals surface area contributed by atoms with Gasteiger partial charge in [-0.25, -0.2) is 4.79 Å². The lowest BCUT2D eigenvalue weighted by atomic mass is 10.4. The van der Waals surface area contributed by atoms with Crippen molar-refractivity contribution in [3.8, 4) is 0 Å². The van der Waals surface area contributed by atoms with Crippen LogP contribution in [0.4, 0.5) is 4.79 Å². The molecule has 0 aliphatic carbocycles. The zero-order valence-electron chi connectivity index (χ0n) is 7.93. The van der Waals surface area contributed by atoms with Gasteiger partial charge in [0.15, 0.2) is 0 Å². The first-order valence-electron chi connectivity index (χ1n) is 4.15. The number of halogens is 1. The molecule has 3 nitrogen and oxygen atoms in total. The van der Waals surface area contributed by atoms with Gasteiger partial charge >= 0.3 is 6.03 Å². The molecule has 0 aromatic heterocycles. The number of amides is 2. The number of hydrogen-bond donors (Lipinski definition) is 1. The number of nitrogens with one attached hydrogen (secondary N) is 1. The molecule has 0 fully saturated rings. The van der Waals surface area contributed by atoms with Crippen LogP contribution >= 0.6 is 15.9 Å². The summed E-state index contributed by atoms with van der Waals surface area (Å²) in [5.74, 6) is 0. The van der Waals surface area contributed by atoms with Crippen molar-refractivity contribution in [3.63, 3.8) is 0 Å². The van der Waals surface area contributed by atoms with Crippen LogP contribution in [-0.4, -0.2) is 35.9 Å². The van der Waals surface area contributed by atoms with Gasteiger partial charge in [0.25, 0.3) is 0 Å². The zero-order valence-corrected chi connectivity index (χ0v) is 9.52. The third kappa shape index (κ3) is 5.41. The second kappa shape index (κ2) is 6.29. The molecule has 4 heteroatoms. The molecule has 0 spiro atoms. The number of alkyl halides is 1. The summed E-state index contributed by atoms with van der Waals surface area (Å²) in [7, 11) is 1.81. The van der Waals surface area contributed by atoms with Crippen LogP contribution in [0.2, 0.25) is 0 Å². The molecule has 0 atom stereocenters. The summed E-state index contributed by atoms with van der Waals surface area (Å²) in [4.78, 5) is 13.0. The van der Waals surface area contributed by atoms with E-state index in [0.29, 0.717) is 0 Å². The van der Waals surface area contributed by atoms with E-state index in [1.807, 2.05) is 13.8 Å². The lowest BCUT2D eigenvalue weighted by Gasteiger charge is -2.18. The fraction of sp³-hybridized carbons (Fsp3) is 0.875. The first-order valence-corrected chi connectivity index (χ1v) is 5.27. The van der Waals surface area contributed by atoms with Gasteiger partial charge < -0.3 is 10.2 Å². The van der Waals surface area contributed by atoms with Crippen LogP contribution in [0.15, 0.2) is 0 Å². The number of nitrogens with zero attached hydrogens (tertiary/aromatic N) is 1. The quantitative estimate of drug-likeness (QED) is 0.743. The molecule has 0 heterocycles. The minimum atomic E-state index is 0.00551. The van der Waals surface area contributed by atoms with Gasteiger partial charge in [0.05, 0.1) is 0 Å². The SMILES string of the molecule is CC(C)NC(=O)N(C)CCCBr. The number of carbonyl (C=O) groups excluding carboxylic acids is 1. The maximum atomic E-state index is 11.3. The summed E-state index contributed by atoms with van der Waals surface area (Å²) in [6, 6.07) is 0.217. The van der Waals surface area contributed by atoms with Gasteiger partial charge in [0.2, 0.25) is 0 Å². The molecule has 1 N–H and O–H groups in total. The van der Waals surface area contributed by atoms with E-state index in [0.717, 1.165) is 18.3 Å². The van der Waals surface area contributed by atoms with Gasteiger partial charge in [-0.2, -0.15) is 0 Å². The lowest BCUT2D eigenvalue weighted by Crippen LogP contribution is -2.41. The predicted molar refractivity (Wildman–Crippen MR) is 54.7 cm³/mol. The highest BCUT2D eigenvalue weighted by Gasteiger charge is 2.07. The molecule has 0 bridgehead atoms. The van der Waals surface area contributed by atoms with E-state index in [1.54, 1.807) is 11.9 Å². The van der Waals surface area contributed by atoms with Crippen molar-refractivity contribution < 1.29 is 4.79 Å². The Morgan fingerprint density at radius 3 is 2.58 bits per heavy atom. The number of hydrogen-bond acceptors (Lipinski definition) is 1. The number of rotatable bonds is 4. The van der Waals surface area contributed by atoms with E-state index in [9.17, 15) is 4.79 Å². The van der Waals surface area contributed by atoms with E-state index in [1.165, 1.54) is 0 Å². The highest BCUT2D eigenvalue weighted by Crippen LogP contribution is 1.93. The molecule has 0 rings (SSSR count). The van der Waals surface area contributed by atoms with Gasteiger partial charge in [-0.15, -0.1) is 0 Å². The van der Waals surface area contributed by atoms with Gasteiger partial charge in [0, 0.05) is 25.0 Å². The molecule has 72 valence electrons. The van der Waals surface area contributed by atoms with E-state index in [2.05, 4.69) is 21.2 Å².